The van der Waals surface area contributed by atoms with Crippen LogP contribution in [0.25, 0.3) is 0 Å². The second kappa shape index (κ2) is 5.68. The average Bonchev–Trinajstić information content (AvgIpc) is 2.38. The topological polar surface area (TPSA) is 58.4 Å². The Hall–Kier alpha value is -1.55. The fourth-order valence-corrected chi connectivity index (χ4v) is 2.29. The van der Waals surface area contributed by atoms with Crippen LogP contribution in [0.3, 0.4) is 0 Å². The van der Waals surface area contributed by atoms with Gasteiger partial charge in [0.05, 0.1) is 0 Å². The van der Waals surface area contributed by atoms with Gasteiger partial charge in [0.25, 0.3) is 0 Å². The Kier molecular flexibility index (Phi) is 3.98. The van der Waals surface area contributed by atoms with Gasteiger partial charge in [-0.1, -0.05) is 30.3 Å². The third-order valence-electron chi connectivity index (χ3n) is 3.24. The van der Waals surface area contributed by atoms with E-state index in [-0.39, 0.29) is 12.1 Å². The highest BCUT2D eigenvalue weighted by atomic mass is 16.2. The molecule has 0 aromatic heterocycles. The molecule has 0 bridgehead atoms. The van der Waals surface area contributed by atoms with Gasteiger partial charge in [-0.2, -0.15) is 0 Å². The highest BCUT2D eigenvalue weighted by molar-refractivity contribution is 5.72. The van der Waals surface area contributed by atoms with Crippen LogP contribution in [0.5, 0.6) is 0 Å². The minimum absolute atomic E-state index is 0.224. The summed E-state index contributed by atoms with van der Waals surface area (Å²) in [5, 5.41) is 3.31. The molecule has 1 aromatic carbocycles. The zero-order valence-electron chi connectivity index (χ0n) is 9.93. The fraction of sp³-hybridized carbons (Fsp3) is 0.462. The first kappa shape index (κ1) is 11.9. The molecule has 0 saturated carbocycles. The minimum Gasteiger partial charge on any atom is -0.351 e. The number of amides is 2. The lowest BCUT2D eigenvalue weighted by molar-refractivity contribution is 0.162. The van der Waals surface area contributed by atoms with Crippen LogP contribution in [0.1, 0.15) is 12.0 Å². The van der Waals surface area contributed by atoms with Crippen LogP contribution in [-0.4, -0.2) is 36.6 Å². The summed E-state index contributed by atoms with van der Waals surface area (Å²) in [5.74, 6) is 0. The highest BCUT2D eigenvalue weighted by Crippen LogP contribution is 2.11. The maximum Gasteiger partial charge on any atom is 0.315 e. The molecule has 1 fully saturated rings. The van der Waals surface area contributed by atoms with Crippen LogP contribution in [0.4, 0.5) is 4.79 Å². The van der Waals surface area contributed by atoms with Crippen molar-refractivity contribution in [3.05, 3.63) is 35.9 Å². The third kappa shape index (κ3) is 3.20. The summed E-state index contributed by atoms with van der Waals surface area (Å²) in [4.78, 5) is 13.1. The van der Waals surface area contributed by atoms with Crippen molar-refractivity contribution in [2.45, 2.75) is 18.9 Å². The van der Waals surface area contributed by atoms with E-state index in [9.17, 15) is 4.79 Å². The Morgan fingerprint density at radius 2 is 2.18 bits per heavy atom. The number of nitrogens with two attached hydrogens (primary N) is 1. The van der Waals surface area contributed by atoms with E-state index in [0.29, 0.717) is 0 Å². The summed E-state index contributed by atoms with van der Waals surface area (Å²) in [6.07, 6.45) is 1.94. The number of urea groups is 1. The second-order valence-corrected chi connectivity index (χ2v) is 4.41. The highest BCUT2D eigenvalue weighted by Gasteiger charge is 2.24. The summed E-state index contributed by atoms with van der Waals surface area (Å²) in [6.45, 7) is 2.40. The second-order valence-electron chi connectivity index (χ2n) is 4.41. The monoisotopic (exact) mass is 233 g/mol. The van der Waals surface area contributed by atoms with Crippen molar-refractivity contribution in [3.8, 4) is 0 Å². The fourth-order valence-electron chi connectivity index (χ4n) is 2.29. The molecule has 0 spiro atoms. The number of piperazine rings is 1. The van der Waals surface area contributed by atoms with E-state index in [1.165, 1.54) is 5.56 Å². The summed E-state index contributed by atoms with van der Waals surface area (Å²) in [7, 11) is 0. The molecule has 92 valence electrons. The Morgan fingerprint density at radius 3 is 2.88 bits per heavy atom. The van der Waals surface area contributed by atoms with Crippen molar-refractivity contribution in [1.82, 2.24) is 10.2 Å². The van der Waals surface area contributed by atoms with Crippen molar-refractivity contribution >= 4 is 6.03 Å². The number of nitrogens with zero attached hydrogens (tertiary/aromatic N) is 1. The van der Waals surface area contributed by atoms with E-state index in [2.05, 4.69) is 17.4 Å². The average molecular weight is 233 g/mol. The predicted octanol–water partition coefficient (Wildman–Crippen LogP) is 0.972. The van der Waals surface area contributed by atoms with Gasteiger partial charge in [-0.05, 0) is 18.4 Å². The molecule has 1 atom stereocenters. The van der Waals surface area contributed by atoms with Crippen LogP contribution in [-0.2, 0) is 6.42 Å². The van der Waals surface area contributed by atoms with E-state index in [1.54, 1.807) is 4.90 Å². The molecule has 0 aliphatic carbocycles. The number of hydrogen-bond donors (Lipinski definition) is 2. The van der Waals surface area contributed by atoms with Crippen LogP contribution >= 0.6 is 0 Å². The number of carbonyl (C=O) groups excluding carboxylic acids is 1. The van der Waals surface area contributed by atoms with Gasteiger partial charge in [0.15, 0.2) is 0 Å². The molecule has 1 heterocycles. The first-order chi connectivity index (χ1) is 8.27. The van der Waals surface area contributed by atoms with E-state index in [4.69, 9.17) is 5.73 Å². The van der Waals surface area contributed by atoms with E-state index in [1.807, 2.05) is 18.2 Å². The number of nitrogens with one attached hydrogen (secondary N) is 1. The zero-order chi connectivity index (χ0) is 12.1. The maximum absolute atomic E-state index is 11.3. The van der Waals surface area contributed by atoms with Gasteiger partial charge in [0, 0.05) is 25.7 Å². The number of carbonyl (C=O) groups is 1. The van der Waals surface area contributed by atoms with Gasteiger partial charge in [-0.25, -0.2) is 4.79 Å². The SMILES string of the molecule is NC(=O)N1CCNCC1CCc1ccccc1. The first-order valence-electron chi connectivity index (χ1n) is 6.08. The Labute approximate surface area is 102 Å². The van der Waals surface area contributed by atoms with Crippen molar-refractivity contribution < 1.29 is 4.79 Å². The Balaban J connectivity index is 1.90. The van der Waals surface area contributed by atoms with Crippen LogP contribution in [0, 0.1) is 0 Å². The normalized spacial score (nSPS) is 20.2. The number of hydrogen-bond acceptors (Lipinski definition) is 2. The minimum atomic E-state index is -0.301. The smallest absolute Gasteiger partial charge is 0.315 e. The van der Waals surface area contributed by atoms with Crippen LogP contribution in [0.15, 0.2) is 30.3 Å². The van der Waals surface area contributed by atoms with Gasteiger partial charge in [-0.15, -0.1) is 0 Å². The first-order valence-corrected chi connectivity index (χ1v) is 6.08. The lowest BCUT2D eigenvalue weighted by Gasteiger charge is -2.35. The molecule has 2 rings (SSSR count). The lowest BCUT2D eigenvalue weighted by Crippen LogP contribution is -2.55. The molecule has 1 aliphatic heterocycles. The zero-order valence-corrected chi connectivity index (χ0v) is 9.93. The Bertz CT molecular complexity index is 366. The number of primary amides is 1. The van der Waals surface area contributed by atoms with Crippen LogP contribution < -0.4 is 11.1 Å². The molecule has 1 unspecified atom stereocenters. The molecule has 17 heavy (non-hydrogen) atoms. The molecule has 0 radical (unpaired) electrons. The van der Waals surface area contributed by atoms with E-state index in [0.717, 1.165) is 32.5 Å². The summed E-state index contributed by atoms with van der Waals surface area (Å²) in [5.41, 5.74) is 6.69. The summed E-state index contributed by atoms with van der Waals surface area (Å²) >= 11 is 0. The van der Waals surface area contributed by atoms with Crippen molar-refractivity contribution in [2.24, 2.45) is 5.73 Å². The standard InChI is InChI=1S/C13H19N3O/c14-13(17)16-9-8-15-10-12(16)7-6-11-4-2-1-3-5-11/h1-5,12,15H,6-10H2,(H2,14,17). The number of aryl methyl sites for hydroxylation is 1. The molecular formula is C13H19N3O. The van der Waals surface area contributed by atoms with Gasteiger partial charge >= 0.3 is 6.03 Å². The van der Waals surface area contributed by atoms with Gasteiger partial charge < -0.3 is 16.0 Å². The van der Waals surface area contributed by atoms with Gasteiger partial charge in [0.2, 0.25) is 0 Å². The maximum atomic E-state index is 11.3. The predicted molar refractivity (Wildman–Crippen MR) is 67.7 cm³/mol. The molecule has 1 aromatic rings. The molecular weight excluding hydrogens is 214 g/mol. The third-order valence-corrected chi connectivity index (χ3v) is 3.24. The van der Waals surface area contributed by atoms with Gasteiger partial charge in [0.1, 0.15) is 0 Å². The molecule has 3 N–H and O–H groups in total. The summed E-state index contributed by atoms with van der Waals surface area (Å²) < 4.78 is 0. The van der Waals surface area contributed by atoms with E-state index < -0.39 is 0 Å². The quantitative estimate of drug-likeness (QED) is 0.817. The number of rotatable bonds is 3. The lowest BCUT2D eigenvalue weighted by atomic mass is 10.0. The van der Waals surface area contributed by atoms with Gasteiger partial charge in [-0.3, -0.25) is 0 Å². The largest absolute Gasteiger partial charge is 0.351 e. The molecule has 2 amide bonds. The number of benzene rings is 1. The van der Waals surface area contributed by atoms with Crippen LogP contribution in [0.2, 0.25) is 0 Å². The van der Waals surface area contributed by atoms with Crippen molar-refractivity contribution in [1.29, 1.82) is 0 Å². The molecule has 4 heteroatoms. The van der Waals surface area contributed by atoms with E-state index >= 15 is 0 Å². The molecule has 4 nitrogen and oxygen atoms in total. The Morgan fingerprint density at radius 1 is 1.41 bits per heavy atom. The van der Waals surface area contributed by atoms with Crippen molar-refractivity contribution in [2.75, 3.05) is 19.6 Å². The molecule has 1 aliphatic rings. The van der Waals surface area contributed by atoms with Crippen molar-refractivity contribution in [3.63, 3.8) is 0 Å². The summed E-state index contributed by atoms with van der Waals surface area (Å²) in [6, 6.07) is 10.3. The molecule has 1 saturated heterocycles.